The fraction of sp³-hybridized carbons (Fsp3) is 0.154. The number of anilines is 1. The van der Waals surface area contributed by atoms with E-state index in [1.54, 1.807) is 11.3 Å². The molecule has 3 nitrogen and oxygen atoms in total. The maximum absolute atomic E-state index is 7.36. The number of hydrogen-bond donors (Lipinski definition) is 2. The molecule has 0 unspecified atom stereocenters. The van der Waals surface area contributed by atoms with Crippen molar-refractivity contribution >= 4 is 38.8 Å². The Morgan fingerprint density at radius 3 is 2.50 bits per heavy atom. The molecule has 18 heavy (non-hydrogen) atoms. The zero-order chi connectivity index (χ0) is 13.1. The van der Waals surface area contributed by atoms with Crippen molar-refractivity contribution in [3.8, 4) is 0 Å². The molecule has 5 heteroatoms. The maximum atomic E-state index is 7.36. The normalized spacial score (nSPS) is 10.3. The number of nitrogens with zero attached hydrogens (tertiary/aromatic N) is 1. The van der Waals surface area contributed by atoms with Crippen LogP contribution < -0.4 is 10.6 Å². The SMILES string of the molecule is CN(Cc1sccc1Br)c1ccc(C(=N)N)cc1. The van der Waals surface area contributed by atoms with Crippen molar-refractivity contribution in [2.45, 2.75) is 6.54 Å². The number of halogens is 1. The highest BCUT2D eigenvalue weighted by Gasteiger charge is 2.06. The summed E-state index contributed by atoms with van der Waals surface area (Å²) in [6, 6.07) is 9.78. The van der Waals surface area contributed by atoms with Crippen molar-refractivity contribution in [2.24, 2.45) is 5.73 Å². The molecule has 0 bridgehead atoms. The highest BCUT2D eigenvalue weighted by molar-refractivity contribution is 9.10. The van der Waals surface area contributed by atoms with Gasteiger partial charge in [0.15, 0.2) is 0 Å². The molecule has 2 aromatic rings. The van der Waals surface area contributed by atoms with E-state index in [9.17, 15) is 0 Å². The number of amidine groups is 1. The first-order chi connectivity index (χ1) is 8.58. The third-order valence-electron chi connectivity index (χ3n) is 2.69. The highest BCUT2D eigenvalue weighted by atomic mass is 79.9. The molecule has 0 atom stereocenters. The van der Waals surface area contributed by atoms with Gasteiger partial charge in [-0.2, -0.15) is 0 Å². The van der Waals surface area contributed by atoms with E-state index >= 15 is 0 Å². The Morgan fingerprint density at radius 2 is 2.00 bits per heavy atom. The fourth-order valence-corrected chi connectivity index (χ4v) is 3.17. The minimum Gasteiger partial charge on any atom is -0.384 e. The summed E-state index contributed by atoms with van der Waals surface area (Å²) in [6.45, 7) is 0.859. The predicted molar refractivity (Wildman–Crippen MR) is 81.6 cm³/mol. The Bertz CT molecular complexity index is 548. The average Bonchev–Trinajstić information content (AvgIpc) is 2.75. The summed E-state index contributed by atoms with van der Waals surface area (Å²) in [6.07, 6.45) is 0. The number of thiophene rings is 1. The van der Waals surface area contributed by atoms with E-state index in [2.05, 4.69) is 39.3 Å². The van der Waals surface area contributed by atoms with Crippen LogP contribution in [0.3, 0.4) is 0 Å². The molecule has 0 saturated heterocycles. The standard InChI is InChI=1S/C13H14BrN3S/c1-17(8-12-11(14)6-7-18-12)10-4-2-9(3-5-10)13(15)16/h2-7H,8H2,1H3,(H3,15,16). The van der Waals surface area contributed by atoms with Crippen LogP contribution >= 0.6 is 27.3 Å². The van der Waals surface area contributed by atoms with Crippen LogP contribution in [-0.4, -0.2) is 12.9 Å². The molecule has 1 aromatic carbocycles. The first-order valence-corrected chi connectivity index (χ1v) is 7.12. The van der Waals surface area contributed by atoms with E-state index < -0.39 is 0 Å². The van der Waals surface area contributed by atoms with E-state index in [1.165, 1.54) is 4.88 Å². The molecule has 0 amide bonds. The van der Waals surface area contributed by atoms with Crippen molar-refractivity contribution in [1.29, 1.82) is 5.41 Å². The lowest BCUT2D eigenvalue weighted by atomic mass is 10.2. The van der Waals surface area contributed by atoms with Gasteiger partial charge in [-0.3, -0.25) is 5.41 Å². The van der Waals surface area contributed by atoms with Gasteiger partial charge in [0.2, 0.25) is 0 Å². The molecule has 1 heterocycles. The number of rotatable bonds is 4. The molecule has 1 aromatic heterocycles. The van der Waals surface area contributed by atoms with E-state index in [4.69, 9.17) is 11.1 Å². The van der Waals surface area contributed by atoms with Gasteiger partial charge in [0.1, 0.15) is 5.84 Å². The monoisotopic (exact) mass is 323 g/mol. The largest absolute Gasteiger partial charge is 0.384 e. The first-order valence-electron chi connectivity index (χ1n) is 5.45. The zero-order valence-electron chi connectivity index (χ0n) is 9.98. The topological polar surface area (TPSA) is 53.1 Å². The fourth-order valence-electron chi connectivity index (χ4n) is 1.64. The molecule has 2 rings (SSSR count). The third-order valence-corrected chi connectivity index (χ3v) is 4.60. The lowest BCUT2D eigenvalue weighted by Crippen LogP contribution is -2.16. The third kappa shape index (κ3) is 2.91. The summed E-state index contributed by atoms with van der Waals surface area (Å²) in [4.78, 5) is 3.47. The Balaban J connectivity index is 2.12. The summed E-state index contributed by atoms with van der Waals surface area (Å²) >= 11 is 5.28. The molecule has 0 spiro atoms. The molecule has 0 saturated carbocycles. The van der Waals surface area contributed by atoms with Gasteiger partial charge in [-0.05, 0) is 51.6 Å². The van der Waals surface area contributed by atoms with Crippen LogP contribution in [0.2, 0.25) is 0 Å². The molecule has 0 aliphatic rings. The van der Waals surface area contributed by atoms with Gasteiger partial charge >= 0.3 is 0 Å². The molecular weight excluding hydrogens is 310 g/mol. The van der Waals surface area contributed by atoms with Crippen LogP contribution in [0.15, 0.2) is 40.2 Å². The summed E-state index contributed by atoms with van der Waals surface area (Å²) in [7, 11) is 2.05. The molecule has 0 aliphatic heterocycles. The van der Waals surface area contributed by atoms with Gasteiger partial charge in [0.25, 0.3) is 0 Å². The van der Waals surface area contributed by atoms with Crippen molar-refractivity contribution in [3.05, 3.63) is 50.6 Å². The molecule has 3 N–H and O–H groups in total. The van der Waals surface area contributed by atoms with Crippen LogP contribution in [0.5, 0.6) is 0 Å². The Morgan fingerprint density at radius 1 is 1.33 bits per heavy atom. The Kier molecular flexibility index (Phi) is 4.04. The van der Waals surface area contributed by atoms with Gasteiger partial charge < -0.3 is 10.6 Å². The van der Waals surface area contributed by atoms with Crippen molar-refractivity contribution in [1.82, 2.24) is 0 Å². The summed E-state index contributed by atoms with van der Waals surface area (Å²) in [5, 5.41) is 9.44. The quantitative estimate of drug-likeness (QED) is 0.669. The number of hydrogen-bond acceptors (Lipinski definition) is 3. The second-order valence-electron chi connectivity index (χ2n) is 4.01. The van der Waals surface area contributed by atoms with E-state index in [0.29, 0.717) is 0 Å². The Labute approximate surface area is 119 Å². The van der Waals surface area contributed by atoms with Gasteiger partial charge in [-0.15, -0.1) is 11.3 Å². The van der Waals surface area contributed by atoms with Crippen LogP contribution in [0.4, 0.5) is 5.69 Å². The van der Waals surface area contributed by atoms with Gasteiger partial charge in [-0.1, -0.05) is 0 Å². The maximum Gasteiger partial charge on any atom is 0.122 e. The summed E-state index contributed by atoms with van der Waals surface area (Å²) in [5.41, 5.74) is 7.30. The second kappa shape index (κ2) is 5.54. The summed E-state index contributed by atoms with van der Waals surface area (Å²) < 4.78 is 1.15. The molecule has 0 fully saturated rings. The molecule has 94 valence electrons. The van der Waals surface area contributed by atoms with E-state index in [-0.39, 0.29) is 5.84 Å². The van der Waals surface area contributed by atoms with Gasteiger partial charge in [0.05, 0.1) is 6.54 Å². The molecular formula is C13H14BrN3S. The molecule has 0 radical (unpaired) electrons. The smallest absolute Gasteiger partial charge is 0.122 e. The first kappa shape index (κ1) is 13.1. The van der Waals surface area contributed by atoms with Crippen LogP contribution in [-0.2, 0) is 6.54 Å². The number of nitrogen functional groups attached to an aromatic ring is 1. The second-order valence-corrected chi connectivity index (χ2v) is 5.86. The van der Waals surface area contributed by atoms with E-state index in [0.717, 1.165) is 22.3 Å². The lowest BCUT2D eigenvalue weighted by Gasteiger charge is -2.19. The number of nitrogens with one attached hydrogen (secondary N) is 1. The number of benzene rings is 1. The van der Waals surface area contributed by atoms with Crippen molar-refractivity contribution in [3.63, 3.8) is 0 Å². The Hall–Kier alpha value is -1.33. The zero-order valence-corrected chi connectivity index (χ0v) is 12.4. The minimum absolute atomic E-state index is 0.102. The lowest BCUT2D eigenvalue weighted by molar-refractivity contribution is 0.937. The average molecular weight is 324 g/mol. The van der Waals surface area contributed by atoms with Crippen molar-refractivity contribution < 1.29 is 0 Å². The van der Waals surface area contributed by atoms with Crippen LogP contribution in [0.1, 0.15) is 10.4 Å². The van der Waals surface area contributed by atoms with Gasteiger partial charge in [0, 0.05) is 27.6 Å². The molecule has 0 aliphatic carbocycles. The minimum atomic E-state index is 0.102. The van der Waals surface area contributed by atoms with Crippen molar-refractivity contribution in [2.75, 3.05) is 11.9 Å². The highest BCUT2D eigenvalue weighted by Crippen LogP contribution is 2.25. The summed E-state index contributed by atoms with van der Waals surface area (Å²) in [5.74, 6) is 0.102. The number of nitrogens with two attached hydrogens (primary N) is 1. The van der Waals surface area contributed by atoms with E-state index in [1.807, 2.05) is 24.3 Å². The predicted octanol–water partition coefficient (Wildman–Crippen LogP) is 3.43. The van der Waals surface area contributed by atoms with Gasteiger partial charge in [-0.25, -0.2) is 0 Å². The van der Waals surface area contributed by atoms with Crippen LogP contribution in [0, 0.1) is 5.41 Å². The van der Waals surface area contributed by atoms with Crippen LogP contribution in [0.25, 0.3) is 0 Å².